The Hall–Kier alpha value is -2.51. The lowest BCUT2D eigenvalue weighted by Gasteiger charge is -2.14. The van der Waals surface area contributed by atoms with Gasteiger partial charge in [0, 0.05) is 40.7 Å². The predicted octanol–water partition coefficient (Wildman–Crippen LogP) is 3.60. The molecule has 28 heavy (non-hydrogen) atoms. The van der Waals surface area contributed by atoms with Gasteiger partial charge in [0.25, 0.3) is 5.91 Å². The number of hydrogen-bond acceptors (Lipinski definition) is 4. The third-order valence-corrected chi connectivity index (χ3v) is 6.18. The van der Waals surface area contributed by atoms with E-state index in [0.717, 1.165) is 32.9 Å². The Morgan fingerprint density at radius 1 is 1.18 bits per heavy atom. The minimum absolute atomic E-state index is 0.0469. The van der Waals surface area contributed by atoms with Gasteiger partial charge in [0.1, 0.15) is 11.8 Å². The van der Waals surface area contributed by atoms with Gasteiger partial charge in [-0.15, -0.1) is 11.8 Å². The number of aromatic nitrogens is 1. The fourth-order valence-electron chi connectivity index (χ4n) is 3.37. The third-order valence-electron chi connectivity index (χ3n) is 4.85. The number of hydrogen-bond donors (Lipinski definition) is 2. The molecular formula is C21H21N3O2S2. The average molecular weight is 412 g/mol. The maximum atomic E-state index is 12.8. The van der Waals surface area contributed by atoms with Crippen molar-refractivity contribution in [3.05, 3.63) is 60.3 Å². The number of H-pyrrole nitrogens is 1. The molecule has 1 aliphatic rings. The van der Waals surface area contributed by atoms with E-state index in [-0.39, 0.29) is 11.9 Å². The number of amides is 1. The zero-order valence-corrected chi connectivity index (χ0v) is 17.1. The summed E-state index contributed by atoms with van der Waals surface area (Å²) in [5, 5.41) is 4.86. The van der Waals surface area contributed by atoms with Gasteiger partial charge in [-0.25, -0.2) is 0 Å². The number of carbonyl (C=O) groups is 1. The largest absolute Gasteiger partial charge is 0.497 e. The summed E-state index contributed by atoms with van der Waals surface area (Å²) in [4.78, 5) is 18.9. The lowest BCUT2D eigenvalue weighted by molar-refractivity contribution is -0.126. The van der Waals surface area contributed by atoms with Gasteiger partial charge in [-0.2, -0.15) is 0 Å². The Morgan fingerprint density at radius 2 is 1.96 bits per heavy atom. The Bertz CT molecular complexity index is 1000. The molecule has 3 aromatic rings. The summed E-state index contributed by atoms with van der Waals surface area (Å²) in [6.07, 6.45) is 2.59. The van der Waals surface area contributed by atoms with Crippen molar-refractivity contribution in [1.82, 2.24) is 15.2 Å². The minimum atomic E-state index is -0.308. The molecule has 1 saturated heterocycles. The first-order valence-corrected chi connectivity index (χ1v) is 10.5. The molecule has 1 atom stereocenters. The number of methoxy groups -OCH3 is 1. The quantitative estimate of drug-likeness (QED) is 0.460. The molecule has 1 fully saturated rings. The Kier molecular flexibility index (Phi) is 5.54. The summed E-state index contributed by atoms with van der Waals surface area (Å²) in [6.45, 7) is 0.589. The summed E-state index contributed by atoms with van der Waals surface area (Å²) < 4.78 is 5.17. The lowest BCUT2D eigenvalue weighted by Crippen LogP contribution is -2.33. The normalized spacial score (nSPS) is 16.6. The first-order chi connectivity index (χ1) is 13.7. The number of nitrogens with one attached hydrogen (secondary N) is 2. The van der Waals surface area contributed by atoms with Crippen LogP contribution in [0.4, 0.5) is 0 Å². The van der Waals surface area contributed by atoms with Crippen LogP contribution in [0.15, 0.2) is 59.6 Å². The first kappa shape index (κ1) is 18.8. The standard InChI is InChI=1S/C21H21N3O2S2/c1-26-15-6-8-16(9-7-15)28-11-10-24-20(25)19(23-21(24)27)12-14-13-22-18-5-3-2-4-17(14)18/h2-9,13,19,22H,10-12H2,1H3,(H,23,27). The van der Waals surface area contributed by atoms with E-state index >= 15 is 0 Å². The number of thiocarbonyl (C=S) groups is 1. The number of aromatic amines is 1. The van der Waals surface area contributed by atoms with E-state index in [4.69, 9.17) is 17.0 Å². The van der Waals surface area contributed by atoms with Crippen LogP contribution in [-0.2, 0) is 11.2 Å². The van der Waals surface area contributed by atoms with Crippen LogP contribution < -0.4 is 10.1 Å². The van der Waals surface area contributed by atoms with Gasteiger partial charge < -0.3 is 15.0 Å². The van der Waals surface area contributed by atoms with Crippen LogP contribution in [0.2, 0.25) is 0 Å². The SMILES string of the molecule is COc1ccc(SCCN2C(=O)C(Cc3c[nH]c4ccccc34)NC2=S)cc1. The highest BCUT2D eigenvalue weighted by molar-refractivity contribution is 7.99. The monoisotopic (exact) mass is 411 g/mol. The molecule has 2 heterocycles. The van der Waals surface area contributed by atoms with Crippen molar-refractivity contribution in [2.45, 2.75) is 17.4 Å². The van der Waals surface area contributed by atoms with Crippen molar-refractivity contribution in [2.24, 2.45) is 0 Å². The second-order valence-electron chi connectivity index (χ2n) is 6.58. The van der Waals surface area contributed by atoms with Crippen LogP contribution in [0.1, 0.15) is 5.56 Å². The van der Waals surface area contributed by atoms with E-state index in [9.17, 15) is 4.79 Å². The fourth-order valence-corrected chi connectivity index (χ4v) is 4.54. The molecule has 0 spiro atoms. The number of ether oxygens (including phenoxy) is 1. The van der Waals surface area contributed by atoms with E-state index in [2.05, 4.69) is 16.4 Å². The molecule has 2 N–H and O–H groups in total. The highest BCUT2D eigenvalue weighted by Crippen LogP contribution is 2.23. The van der Waals surface area contributed by atoms with Crippen LogP contribution in [0.5, 0.6) is 5.75 Å². The van der Waals surface area contributed by atoms with Gasteiger partial charge in [-0.05, 0) is 48.1 Å². The third kappa shape index (κ3) is 3.86. The Labute approximate surface area is 173 Å². The molecule has 144 valence electrons. The predicted molar refractivity (Wildman–Crippen MR) is 117 cm³/mol. The van der Waals surface area contributed by atoms with Gasteiger partial charge in [-0.3, -0.25) is 9.69 Å². The van der Waals surface area contributed by atoms with Gasteiger partial charge >= 0.3 is 0 Å². The molecule has 0 aliphatic carbocycles. The van der Waals surface area contributed by atoms with Crippen molar-refractivity contribution in [2.75, 3.05) is 19.4 Å². The molecular weight excluding hydrogens is 390 g/mol. The molecule has 0 radical (unpaired) electrons. The zero-order chi connectivity index (χ0) is 19.5. The molecule has 4 rings (SSSR count). The second-order valence-corrected chi connectivity index (χ2v) is 8.13. The van der Waals surface area contributed by atoms with Crippen LogP contribution in [0.25, 0.3) is 10.9 Å². The van der Waals surface area contributed by atoms with Crippen molar-refractivity contribution in [3.8, 4) is 5.75 Å². The van der Waals surface area contributed by atoms with Crippen molar-refractivity contribution in [1.29, 1.82) is 0 Å². The first-order valence-electron chi connectivity index (χ1n) is 9.09. The maximum Gasteiger partial charge on any atom is 0.251 e. The summed E-state index contributed by atoms with van der Waals surface area (Å²) in [5.74, 6) is 1.66. The van der Waals surface area contributed by atoms with Gasteiger partial charge in [0.2, 0.25) is 0 Å². The number of rotatable bonds is 7. The van der Waals surface area contributed by atoms with Crippen LogP contribution in [0.3, 0.4) is 0 Å². The summed E-state index contributed by atoms with van der Waals surface area (Å²) in [6, 6.07) is 15.7. The molecule has 7 heteroatoms. The molecule has 2 aromatic carbocycles. The lowest BCUT2D eigenvalue weighted by atomic mass is 10.1. The van der Waals surface area contributed by atoms with Gasteiger partial charge in [0.15, 0.2) is 5.11 Å². The van der Waals surface area contributed by atoms with Crippen LogP contribution >= 0.6 is 24.0 Å². The minimum Gasteiger partial charge on any atom is -0.497 e. The average Bonchev–Trinajstić information content (AvgIpc) is 3.24. The number of benzene rings is 2. The highest BCUT2D eigenvalue weighted by atomic mass is 32.2. The topological polar surface area (TPSA) is 57.4 Å². The summed E-state index contributed by atoms with van der Waals surface area (Å²) >= 11 is 7.11. The molecule has 1 aliphatic heterocycles. The highest BCUT2D eigenvalue weighted by Gasteiger charge is 2.35. The van der Waals surface area contributed by atoms with Crippen LogP contribution in [-0.4, -0.2) is 46.4 Å². The van der Waals surface area contributed by atoms with E-state index in [0.29, 0.717) is 18.1 Å². The van der Waals surface area contributed by atoms with Gasteiger partial charge in [0.05, 0.1) is 7.11 Å². The number of fused-ring (bicyclic) bond motifs is 1. The number of carbonyl (C=O) groups excluding carboxylic acids is 1. The van der Waals surface area contributed by atoms with Crippen molar-refractivity contribution < 1.29 is 9.53 Å². The second kappa shape index (κ2) is 8.24. The van der Waals surface area contributed by atoms with E-state index in [1.54, 1.807) is 23.8 Å². The number of thioether (sulfide) groups is 1. The molecule has 1 aromatic heterocycles. The van der Waals surface area contributed by atoms with E-state index in [1.165, 1.54) is 0 Å². The molecule has 0 bridgehead atoms. The maximum absolute atomic E-state index is 12.8. The van der Waals surface area contributed by atoms with E-state index in [1.807, 2.05) is 48.7 Å². The fraction of sp³-hybridized carbons (Fsp3) is 0.238. The molecule has 1 amide bonds. The van der Waals surface area contributed by atoms with Gasteiger partial charge in [-0.1, -0.05) is 18.2 Å². The van der Waals surface area contributed by atoms with Crippen LogP contribution in [0, 0.1) is 0 Å². The Morgan fingerprint density at radius 3 is 2.75 bits per heavy atom. The molecule has 5 nitrogen and oxygen atoms in total. The molecule has 0 saturated carbocycles. The van der Waals surface area contributed by atoms with E-state index < -0.39 is 0 Å². The summed E-state index contributed by atoms with van der Waals surface area (Å²) in [7, 11) is 1.65. The molecule has 1 unspecified atom stereocenters. The number of para-hydroxylation sites is 1. The van der Waals surface area contributed by atoms with Crippen molar-refractivity contribution in [3.63, 3.8) is 0 Å². The summed E-state index contributed by atoms with van der Waals surface area (Å²) in [5.41, 5.74) is 2.21. The zero-order valence-electron chi connectivity index (χ0n) is 15.5. The Balaban J connectivity index is 1.35. The number of nitrogens with zero attached hydrogens (tertiary/aromatic N) is 1. The van der Waals surface area contributed by atoms with Crippen molar-refractivity contribution >= 4 is 45.9 Å². The smallest absolute Gasteiger partial charge is 0.251 e.